The Kier molecular flexibility index (Phi) is 8.06. The van der Waals surface area contributed by atoms with E-state index in [4.69, 9.17) is 24.5 Å². The molecule has 30 heavy (non-hydrogen) atoms. The Bertz CT molecular complexity index is 921. The molecule has 0 spiro atoms. The van der Waals surface area contributed by atoms with Gasteiger partial charge in [-0.2, -0.15) is 5.26 Å². The predicted molar refractivity (Wildman–Crippen MR) is 118 cm³/mol. The molecule has 0 bridgehead atoms. The van der Waals surface area contributed by atoms with E-state index >= 15 is 0 Å². The number of rotatable bonds is 8. The first-order chi connectivity index (χ1) is 14.5. The molecular formula is C23H28BrN3O3. The van der Waals surface area contributed by atoms with E-state index in [9.17, 15) is 0 Å². The van der Waals surface area contributed by atoms with Crippen LogP contribution in [0.5, 0.6) is 11.6 Å². The number of pyridine rings is 2. The predicted octanol–water partition coefficient (Wildman–Crippen LogP) is 5.38. The Hall–Kier alpha value is -2.17. The summed E-state index contributed by atoms with van der Waals surface area (Å²) in [6, 6.07) is 6.01. The standard InChI is InChI=1S/C23H28BrN3O3/c1-15-19(16(2)26-23(21(15)24)29-12-11-25)13-18-9-10-20(30-14-28-3)22(27-18)17-7-5-4-6-8-17/h9-10,17H,4-8,12-14H2,1-3H3. The number of nitrogens with zero attached hydrogens (tertiary/aromatic N) is 3. The summed E-state index contributed by atoms with van der Waals surface area (Å²) in [5, 5.41) is 8.77. The van der Waals surface area contributed by atoms with Gasteiger partial charge in [-0.25, -0.2) is 4.98 Å². The second kappa shape index (κ2) is 10.7. The number of ether oxygens (including phenoxy) is 3. The highest BCUT2D eigenvalue weighted by molar-refractivity contribution is 9.10. The van der Waals surface area contributed by atoms with Crippen molar-refractivity contribution in [3.05, 3.63) is 44.8 Å². The minimum Gasteiger partial charge on any atom is -0.466 e. The zero-order valence-corrected chi connectivity index (χ0v) is 19.4. The van der Waals surface area contributed by atoms with E-state index in [2.05, 4.69) is 20.9 Å². The summed E-state index contributed by atoms with van der Waals surface area (Å²) in [6.07, 6.45) is 6.74. The van der Waals surface area contributed by atoms with E-state index in [1.807, 2.05) is 32.0 Å². The van der Waals surface area contributed by atoms with Crippen LogP contribution >= 0.6 is 15.9 Å². The minimum absolute atomic E-state index is 0.0287. The van der Waals surface area contributed by atoms with Gasteiger partial charge in [0.05, 0.1) is 10.2 Å². The monoisotopic (exact) mass is 473 g/mol. The van der Waals surface area contributed by atoms with Gasteiger partial charge < -0.3 is 14.2 Å². The van der Waals surface area contributed by atoms with E-state index in [0.717, 1.165) is 51.3 Å². The third-order valence-corrected chi connectivity index (χ3v) is 6.51. The molecule has 0 unspecified atom stereocenters. The maximum Gasteiger partial charge on any atom is 0.229 e. The molecule has 0 aromatic carbocycles. The third kappa shape index (κ3) is 5.30. The van der Waals surface area contributed by atoms with Crippen LogP contribution in [0.1, 0.15) is 66.2 Å². The van der Waals surface area contributed by atoms with Crippen molar-refractivity contribution in [2.24, 2.45) is 0 Å². The Morgan fingerprint density at radius 3 is 2.60 bits per heavy atom. The van der Waals surface area contributed by atoms with Crippen molar-refractivity contribution in [2.45, 2.75) is 58.3 Å². The molecule has 1 aliphatic carbocycles. The van der Waals surface area contributed by atoms with E-state index in [0.29, 0.717) is 18.2 Å². The lowest BCUT2D eigenvalue weighted by Crippen LogP contribution is -2.12. The highest BCUT2D eigenvalue weighted by atomic mass is 79.9. The first-order valence-corrected chi connectivity index (χ1v) is 11.1. The smallest absolute Gasteiger partial charge is 0.229 e. The highest BCUT2D eigenvalue weighted by Crippen LogP contribution is 2.37. The fourth-order valence-electron chi connectivity index (χ4n) is 3.99. The van der Waals surface area contributed by atoms with Gasteiger partial charge in [-0.05, 0) is 65.9 Å². The molecule has 2 heterocycles. The van der Waals surface area contributed by atoms with Crippen LogP contribution in [-0.4, -0.2) is 30.5 Å². The van der Waals surface area contributed by atoms with Gasteiger partial charge >= 0.3 is 0 Å². The summed E-state index contributed by atoms with van der Waals surface area (Å²) < 4.78 is 17.1. The van der Waals surface area contributed by atoms with E-state index in [1.54, 1.807) is 7.11 Å². The summed E-state index contributed by atoms with van der Waals surface area (Å²) in [5.41, 5.74) is 5.07. The zero-order chi connectivity index (χ0) is 21.5. The third-order valence-electron chi connectivity index (χ3n) is 5.57. The van der Waals surface area contributed by atoms with E-state index in [1.165, 1.54) is 19.3 Å². The van der Waals surface area contributed by atoms with Crippen LogP contribution in [0.2, 0.25) is 0 Å². The Labute approximate surface area is 186 Å². The molecule has 1 saturated carbocycles. The summed E-state index contributed by atoms with van der Waals surface area (Å²) >= 11 is 3.57. The van der Waals surface area contributed by atoms with Gasteiger partial charge in [-0.3, -0.25) is 4.98 Å². The van der Waals surface area contributed by atoms with Crippen LogP contribution in [0.3, 0.4) is 0 Å². The topological polar surface area (TPSA) is 77.3 Å². The lowest BCUT2D eigenvalue weighted by Gasteiger charge is -2.24. The van der Waals surface area contributed by atoms with Crippen LogP contribution in [0.15, 0.2) is 16.6 Å². The van der Waals surface area contributed by atoms with Crippen LogP contribution in [0.4, 0.5) is 0 Å². The molecule has 6 nitrogen and oxygen atoms in total. The zero-order valence-electron chi connectivity index (χ0n) is 17.8. The quantitative estimate of drug-likeness (QED) is 0.478. The van der Waals surface area contributed by atoms with Crippen molar-refractivity contribution in [1.29, 1.82) is 5.26 Å². The lowest BCUT2D eigenvalue weighted by molar-refractivity contribution is 0.0496. The number of aryl methyl sites for hydroxylation is 1. The molecule has 2 aromatic rings. The number of hydrogen-bond acceptors (Lipinski definition) is 6. The van der Waals surface area contributed by atoms with Crippen molar-refractivity contribution < 1.29 is 14.2 Å². The van der Waals surface area contributed by atoms with Gasteiger partial charge in [0.25, 0.3) is 0 Å². The SMILES string of the molecule is COCOc1ccc(Cc2c(C)nc(OCC#N)c(Br)c2C)nc1C1CCCCC1. The van der Waals surface area contributed by atoms with Gasteiger partial charge in [-0.15, -0.1) is 0 Å². The molecular weight excluding hydrogens is 446 g/mol. The number of aromatic nitrogens is 2. The molecule has 1 aliphatic rings. The van der Waals surface area contributed by atoms with Gasteiger partial charge in [-0.1, -0.05) is 19.3 Å². The van der Waals surface area contributed by atoms with E-state index < -0.39 is 0 Å². The summed E-state index contributed by atoms with van der Waals surface area (Å²) in [7, 11) is 1.63. The normalized spacial score (nSPS) is 14.4. The van der Waals surface area contributed by atoms with Crippen molar-refractivity contribution in [3.8, 4) is 17.7 Å². The summed E-state index contributed by atoms with van der Waals surface area (Å²) in [6.45, 7) is 4.19. The first-order valence-electron chi connectivity index (χ1n) is 10.3. The molecule has 0 amide bonds. The van der Waals surface area contributed by atoms with Gasteiger partial charge in [0.1, 0.15) is 11.8 Å². The van der Waals surface area contributed by atoms with E-state index in [-0.39, 0.29) is 13.4 Å². The molecule has 7 heteroatoms. The fourth-order valence-corrected chi connectivity index (χ4v) is 4.43. The van der Waals surface area contributed by atoms with Crippen molar-refractivity contribution in [1.82, 2.24) is 9.97 Å². The van der Waals surface area contributed by atoms with Crippen LogP contribution < -0.4 is 9.47 Å². The summed E-state index contributed by atoms with van der Waals surface area (Å²) in [4.78, 5) is 9.58. The fraction of sp³-hybridized carbons (Fsp3) is 0.522. The number of methoxy groups -OCH3 is 1. The molecule has 0 radical (unpaired) electrons. The van der Waals surface area contributed by atoms with Gasteiger partial charge in [0.15, 0.2) is 13.4 Å². The second-order valence-corrected chi connectivity index (χ2v) is 8.41. The summed E-state index contributed by atoms with van der Waals surface area (Å²) in [5.74, 6) is 1.70. The molecule has 3 rings (SSSR count). The molecule has 0 atom stereocenters. The average molecular weight is 474 g/mol. The average Bonchev–Trinajstić information content (AvgIpc) is 2.77. The second-order valence-electron chi connectivity index (χ2n) is 7.62. The van der Waals surface area contributed by atoms with Crippen LogP contribution in [0, 0.1) is 25.2 Å². The molecule has 2 aromatic heterocycles. The number of nitriles is 1. The Morgan fingerprint density at radius 1 is 1.13 bits per heavy atom. The molecule has 160 valence electrons. The Balaban J connectivity index is 1.91. The lowest BCUT2D eigenvalue weighted by atomic mass is 9.86. The molecule has 1 fully saturated rings. The van der Waals surface area contributed by atoms with Crippen molar-refractivity contribution in [2.75, 3.05) is 20.5 Å². The molecule has 0 aliphatic heterocycles. The number of hydrogen-bond donors (Lipinski definition) is 0. The number of halogens is 1. The Morgan fingerprint density at radius 2 is 1.90 bits per heavy atom. The van der Waals surface area contributed by atoms with Crippen molar-refractivity contribution in [3.63, 3.8) is 0 Å². The first kappa shape index (κ1) is 22.5. The minimum atomic E-state index is -0.0287. The van der Waals surface area contributed by atoms with Crippen molar-refractivity contribution >= 4 is 15.9 Å². The van der Waals surface area contributed by atoms with Gasteiger partial charge in [0, 0.05) is 30.8 Å². The molecule has 0 saturated heterocycles. The van der Waals surface area contributed by atoms with Crippen LogP contribution in [0.25, 0.3) is 0 Å². The highest BCUT2D eigenvalue weighted by Gasteiger charge is 2.22. The van der Waals surface area contributed by atoms with Gasteiger partial charge in [0.2, 0.25) is 5.88 Å². The molecule has 0 N–H and O–H groups in total. The largest absolute Gasteiger partial charge is 0.466 e. The van der Waals surface area contributed by atoms with Crippen LogP contribution in [-0.2, 0) is 11.2 Å². The maximum atomic E-state index is 8.77. The maximum absolute atomic E-state index is 8.77.